The summed E-state index contributed by atoms with van der Waals surface area (Å²) in [5, 5.41) is 2.82. The molecule has 2 aliphatic rings. The summed E-state index contributed by atoms with van der Waals surface area (Å²) in [6, 6.07) is -0.0238. The zero-order chi connectivity index (χ0) is 16.8. The molecule has 0 saturated carbocycles. The number of aliphatic imine (C=N–C) groups is 1. The summed E-state index contributed by atoms with van der Waals surface area (Å²) in [7, 11) is 0. The van der Waals surface area contributed by atoms with Crippen LogP contribution in [-0.4, -0.2) is 60.3 Å². The Morgan fingerprint density at radius 2 is 2.09 bits per heavy atom. The molecule has 2 saturated heterocycles. The predicted molar refractivity (Wildman–Crippen MR) is 93.6 cm³/mol. The monoisotopic (exact) mass is 339 g/mol. The molecule has 0 spiro atoms. The summed E-state index contributed by atoms with van der Waals surface area (Å²) in [6.45, 7) is 7.94. The van der Waals surface area contributed by atoms with Crippen LogP contribution < -0.4 is 10.2 Å². The fraction of sp³-hybridized carbons (Fsp3) is 0.750. The maximum absolute atomic E-state index is 12.5. The Kier molecular flexibility index (Phi) is 6.65. The number of quaternary nitrogens is 1. The van der Waals surface area contributed by atoms with Gasteiger partial charge in [0.2, 0.25) is 11.8 Å². The van der Waals surface area contributed by atoms with Crippen molar-refractivity contribution < 1.29 is 14.5 Å². The first-order valence-corrected chi connectivity index (χ1v) is 8.96. The first-order valence-electron chi connectivity index (χ1n) is 8.56. The van der Waals surface area contributed by atoms with Crippen LogP contribution in [0, 0.1) is 5.92 Å². The van der Waals surface area contributed by atoms with E-state index >= 15 is 0 Å². The lowest BCUT2D eigenvalue weighted by Gasteiger charge is -2.34. The number of carbonyl (C=O) groups excluding carboxylic acids is 2. The van der Waals surface area contributed by atoms with E-state index in [4.69, 9.17) is 12.2 Å². The maximum Gasteiger partial charge on any atom is 0.247 e. The molecule has 2 N–H and O–H groups in total. The van der Waals surface area contributed by atoms with Crippen LogP contribution in [0.5, 0.6) is 0 Å². The molecular formula is C16H27N4O2S+. The van der Waals surface area contributed by atoms with Crippen molar-refractivity contribution >= 4 is 35.4 Å². The van der Waals surface area contributed by atoms with Gasteiger partial charge in [0.05, 0.1) is 26.2 Å². The fourth-order valence-corrected chi connectivity index (χ4v) is 3.41. The van der Waals surface area contributed by atoms with E-state index < -0.39 is 5.92 Å². The highest BCUT2D eigenvalue weighted by Crippen LogP contribution is 2.14. The third kappa shape index (κ3) is 4.57. The third-order valence-corrected chi connectivity index (χ3v) is 4.97. The molecule has 6 nitrogen and oxygen atoms in total. The molecule has 0 unspecified atom stereocenters. The molecule has 2 atom stereocenters. The van der Waals surface area contributed by atoms with Gasteiger partial charge in [-0.25, -0.2) is 0 Å². The molecular weight excluding hydrogens is 312 g/mol. The van der Waals surface area contributed by atoms with Crippen LogP contribution in [0.25, 0.3) is 0 Å². The summed E-state index contributed by atoms with van der Waals surface area (Å²) in [5.41, 5.74) is 0. The quantitative estimate of drug-likeness (QED) is 0.400. The number of carbonyl (C=O) groups is 2. The van der Waals surface area contributed by atoms with Crippen LogP contribution in [0.15, 0.2) is 4.99 Å². The number of thiocarbonyl (C=S) groups is 1. The number of rotatable bonds is 6. The summed E-state index contributed by atoms with van der Waals surface area (Å²) in [4.78, 5) is 32.0. The Balaban J connectivity index is 1.91. The summed E-state index contributed by atoms with van der Waals surface area (Å²) in [6.07, 6.45) is 6.17. The molecule has 2 rings (SSSR count). The van der Waals surface area contributed by atoms with E-state index in [-0.39, 0.29) is 23.0 Å². The van der Waals surface area contributed by atoms with Gasteiger partial charge in [0.15, 0.2) is 11.0 Å². The first kappa shape index (κ1) is 18.0. The van der Waals surface area contributed by atoms with E-state index in [2.05, 4.69) is 10.3 Å². The number of piperidine rings is 1. The van der Waals surface area contributed by atoms with Gasteiger partial charge in [-0.3, -0.25) is 19.5 Å². The number of hydrogen-bond acceptors (Lipinski definition) is 4. The SMILES string of the molecule is CC[C@H](C)N1C(=O)[C@H](C=NCC[NH+]2CCCCC2)C(=O)NC1=S. The van der Waals surface area contributed by atoms with Crippen LogP contribution in [0.1, 0.15) is 39.5 Å². The second-order valence-corrected chi connectivity index (χ2v) is 6.74. The molecule has 23 heavy (non-hydrogen) atoms. The molecule has 0 aromatic rings. The van der Waals surface area contributed by atoms with Gasteiger partial charge in [-0.15, -0.1) is 0 Å². The van der Waals surface area contributed by atoms with Gasteiger partial charge < -0.3 is 10.2 Å². The number of nitrogens with zero attached hydrogens (tertiary/aromatic N) is 2. The van der Waals surface area contributed by atoms with Crippen molar-refractivity contribution in [2.45, 2.75) is 45.6 Å². The molecule has 0 aromatic carbocycles. The highest BCUT2D eigenvalue weighted by atomic mass is 32.1. The molecule has 2 heterocycles. The topological polar surface area (TPSA) is 66.2 Å². The van der Waals surface area contributed by atoms with Crippen LogP contribution >= 0.6 is 12.2 Å². The molecule has 128 valence electrons. The first-order chi connectivity index (χ1) is 11.0. The Labute approximate surface area is 143 Å². The van der Waals surface area contributed by atoms with Gasteiger partial charge in [0, 0.05) is 12.3 Å². The second-order valence-electron chi connectivity index (χ2n) is 6.35. The standard InChI is InChI=1S/C16H26N4O2S/c1-3-12(2)20-15(22)13(14(21)18-16(20)23)11-17-7-10-19-8-5-4-6-9-19/h11-13H,3-10H2,1-2H3,(H,18,21,23)/p+1/t12-,13+/m0/s1. The van der Waals surface area contributed by atoms with Crippen LogP contribution in [-0.2, 0) is 9.59 Å². The highest BCUT2D eigenvalue weighted by Gasteiger charge is 2.39. The van der Waals surface area contributed by atoms with Crippen LogP contribution in [0.2, 0.25) is 0 Å². The highest BCUT2D eigenvalue weighted by molar-refractivity contribution is 7.80. The average Bonchev–Trinajstić information content (AvgIpc) is 2.54. The minimum atomic E-state index is -0.855. The molecule has 0 bridgehead atoms. The predicted octanol–water partition coefficient (Wildman–Crippen LogP) is -0.216. The number of hydrogen-bond donors (Lipinski definition) is 2. The van der Waals surface area contributed by atoms with Crippen LogP contribution in [0.3, 0.4) is 0 Å². The lowest BCUT2D eigenvalue weighted by molar-refractivity contribution is -0.903. The van der Waals surface area contributed by atoms with E-state index in [9.17, 15) is 9.59 Å². The Morgan fingerprint density at radius 3 is 2.74 bits per heavy atom. The van der Waals surface area contributed by atoms with Gasteiger partial charge >= 0.3 is 0 Å². The van der Waals surface area contributed by atoms with Crippen molar-refractivity contribution in [3.05, 3.63) is 0 Å². The van der Waals surface area contributed by atoms with E-state index in [0.29, 0.717) is 6.54 Å². The molecule has 0 aliphatic carbocycles. The normalized spacial score (nSPS) is 25.0. The fourth-order valence-electron chi connectivity index (χ4n) is 3.04. The van der Waals surface area contributed by atoms with E-state index in [0.717, 1.165) is 13.0 Å². The lowest BCUT2D eigenvalue weighted by Crippen LogP contribution is -3.13. The molecule has 7 heteroatoms. The van der Waals surface area contributed by atoms with Gasteiger partial charge in [-0.2, -0.15) is 0 Å². The van der Waals surface area contributed by atoms with E-state index in [1.807, 2.05) is 13.8 Å². The summed E-state index contributed by atoms with van der Waals surface area (Å²) < 4.78 is 0. The van der Waals surface area contributed by atoms with Gasteiger partial charge in [0.25, 0.3) is 0 Å². The van der Waals surface area contributed by atoms with Crippen molar-refractivity contribution in [3.63, 3.8) is 0 Å². The molecule has 2 aliphatic heterocycles. The zero-order valence-electron chi connectivity index (χ0n) is 14.0. The largest absolute Gasteiger partial charge is 0.333 e. The average molecular weight is 339 g/mol. The molecule has 2 fully saturated rings. The smallest absolute Gasteiger partial charge is 0.247 e. The van der Waals surface area contributed by atoms with Crippen molar-refractivity contribution in [2.24, 2.45) is 10.9 Å². The van der Waals surface area contributed by atoms with Gasteiger partial charge in [0.1, 0.15) is 0 Å². The Bertz CT molecular complexity index is 488. The molecule has 0 radical (unpaired) electrons. The van der Waals surface area contributed by atoms with Crippen molar-refractivity contribution in [1.29, 1.82) is 0 Å². The number of nitrogens with one attached hydrogen (secondary N) is 2. The van der Waals surface area contributed by atoms with Gasteiger partial charge in [-0.05, 0) is 44.8 Å². The number of amides is 2. The number of likely N-dealkylation sites (tertiary alicyclic amines) is 1. The molecule has 0 aromatic heterocycles. The summed E-state index contributed by atoms with van der Waals surface area (Å²) in [5.74, 6) is -1.48. The van der Waals surface area contributed by atoms with Gasteiger partial charge in [-0.1, -0.05) is 6.92 Å². The summed E-state index contributed by atoms with van der Waals surface area (Å²) >= 11 is 5.12. The second kappa shape index (κ2) is 8.49. The van der Waals surface area contributed by atoms with Crippen molar-refractivity contribution in [1.82, 2.24) is 10.2 Å². The van der Waals surface area contributed by atoms with E-state index in [1.54, 1.807) is 4.90 Å². The minimum Gasteiger partial charge on any atom is -0.333 e. The lowest BCUT2D eigenvalue weighted by atomic mass is 10.0. The minimum absolute atomic E-state index is 0.0238. The van der Waals surface area contributed by atoms with Crippen molar-refractivity contribution in [3.8, 4) is 0 Å². The van der Waals surface area contributed by atoms with Crippen molar-refractivity contribution in [2.75, 3.05) is 26.2 Å². The van der Waals surface area contributed by atoms with Crippen LogP contribution in [0.4, 0.5) is 0 Å². The molecule has 2 amide bonds. The zero-order valence-corrected chi connectivity index (χ0v) is 14.8. The maximum atomic E-state index is 12.5. The van der Waals surface area contributed by atoms with E-state index in [1.165, 1.54) is 43.5 Å². The Morgan fingerprint density at radius 1 is 1.39 bits per heavy atom. The third-order valence-electron chi connectivity index (χ3n) is 4.68. The Hall–Kier alpha value is -1.34.